The average Bonchev–Trinajstić information content (AvgIpc) is 3.30. The van der Waals surface area contributed by atoms with Crippen LogP contribution in [-0.4, -0.2) is 20.3 Å². The van der Waals surface area contributed by atoms with E-state index in [1.807, 2.05) is 42.5 Å². The largest absolute Gasteiger partial charge is 0.338 e. The molecule has 130 valence electrons. The first kappa shape index (κ1) is 17.0. The quantitative estimate of drug-likeness (QED) is 0.440. The highest BCUT2D eigenvalue weighted by molar-refractivity contribution is 8.00. The van der Waals surface area contributed by atoms with Crippen LogP contribution in [0, 0.1) is 0 Å². The number of rotatable bonds is 6. The van der Waals surface area contributed by atoms with Crippen molar-refractivity contribution in [2.24, 2.45) is 0 Å². The Morgan fingerprint density at radius 3 is 2.81 bits per heavy atom. The Morgan fingerprint density at radius 1 is 1.08 bits per heavy atom. The molecule has 1 N–H and O–H groups in total. The zero-order chi connectivity index (χ0) is 17.8. The van der Waals surface area contributed by atoms with E-state index in [4.69, 9.17) is 16.1 Å². The summed E-state index contributed by atoms with van der Waals surface area (Å²) in [5, 5.41) is 16.9. The third-order valence-electron chi connectivity index (χ3n) is 3.30. The van der Waals surface area contributed by atoms with Crippen molar-refractivity contribution < 1.29 is 4.52 Å². The maximum absolute atomic E-state index is 5.99. The van der Waals surface area contributed by atoms with Crippen molar-refractivity contribution in [3.63, 3.8) is 0 Å². The Hall–Kier alpha value is -2.42. The fourth-order valence-electron chi connectivity index (χ4n) is 2.15. The summed E-state index contributed by atoms with van der Waals surface area (Å²) in [6.45, 7) is 0. The van der Waals surface area contributed by atoms with Crippen molar-refractivity contribution in [2.75, 3.05) is 5.32 Å². The third-order valence-corrected chi connectivity index (χ3v) is 5.49. The number of anilines is 2. The molecule has 0 radical (unpaired) electrons. The molecule has 0 aliphatic carbocycles. The fraction of sp³-hybridized carbons (Fsp3) is 0.0588. The Bertz CT molecular complexity index is 1010. The second-order valence-electron chi connectivity index (χ2n) is 5.17. The molecule has 0 amide bonds. The lowest BCUT2D eigenvalue weighted by Gasteiger charge is -1.99. The van der Waals surface area contributed by atoms with Crippen LogP contribution in [-0.2, 0) is 5.75 Å². The summed E-state index contributed by atoms with van der Waals surface area (Å²) in [5.74, 6) is 1.57. The van der Waals surface area contributed by atoms with Crippen LogP contribution in [0.4, 0.5) is 10.8 Å². The van der Waals surface area contributed by atoms with E-state index in [2.05, 4.69) is 25.7 Å². The maximum atomic E-state index is 5.99. The molecule has 0 fully saturated rings. The minimum atomic E-state index is 0.520. The number of aromatic nitrogens is 4. The molecule has 4 aromatic rings. The standard InChI is InChI=1S/C17H12ClN5OS2/c18-12-6-4-5-11(9-12)15-20-14(24-23-15)10-25-17-22-21-16(26-17)19-13-7-2-1-3-8-13/h1-9H,10H2,(H,19,21). The van der Waals surface area contributed by atoms with Gasteiger partial charge in [-0.2, -0.15) is 4.98 Å². The van der Waals surface area contributed by atoms with Crippen LogP contribution in [0.5, 0.6) is 0 Å². The number of thioether (sulfide) groups is 1. The summed E-state index contributed by atoms with van der Waals surface area (Å²) in [6.07, 6.45) is 0. The highest BCUT2D eigenvalue weighted by Crippen LogP contribution is 2.30. The van der Waals surface area contributed by atoms with Crippen molar-refractivity contribution >= 4 is 45.5 Å². The summed E-state index contributed by atoms with van der Waals surface area (Å²) in [4.78, 5) is 4.39. The molecule has 0 unspecified atom stereocenters. The predicted molar refractivity (Wildman–Crippen MR) is 104 cm³/mol. The van der Waals surface area contributed by atoms with Crippen LogP contribution in [0.2, 0.25) is 5.02 Å². The molecule has 2 aromatic heterocycles. The molecule has 9 heteroatoms. The zero-order valence-corrected chi connectivity index (χ0v) is 15.7. The van der Waals surface area contributed by atoms with Crippen molar-refractivity contribution in [2.45, 2.75) is 10.1 Å². The molecule has 2 heterocycles. The molecule has 0 spiro atoms. The molecule has 26 heavy (non-hydrogen) atoms. The summed E-state index contributed by atoms with van der Waals surface area (Å²) < 4.78 is 6.12. The number of nitrogens with one attached hydrogen (secondary N) is 1. The lowest BCUT2D eigenvalue weighted by Crippen LogP contribution is -1.87. The van der Waals surface area contributed by atoms with E-state index in [0.717, 1.165) is 20.7 Å². The Balaban J connectivity index is 1.38. The lowest BCUT2D eigenvalue weighted by molar-refractivity contribution is 0.391. The smallest absolute Gasteiger partial charge is 0.237 e. The summed E-state index contributed by atoms with van der Waals surface area (Å²) in [6, 6.07) is 17.2. The molecular weight excluding hydrogens is 390 g/mol. The van der Waals surface area contributed by atoms with Crippen LogP contribution in [0.1, 0.15) is 5.89 Å². The number of halogens is 1. The molecular formula is C17H12ClN5OS2. The van der Waals surface area contributed by atoms with Crippen molar-refractivity contribution in [3.8, 4) is 11.4 Å². The summed E-state index contributed by atoms with van der Waals surface area (Å²) in [5.41, 5.74) is 1.80. The summed E-state index contributed by atoms with van der Waals surface area (Å²) in [7, 11) is 0. The SMILES string of the molecule is Clc1cccc(-c2noc(CSc3nnc(Nc4ccccc4)s3)n2)c1. The average molecular weight is 402 g/mol. The monoisotopic (exact) mass is 401 g/mol. The zero-order valence-electron chi connectivity index (χ0n) is 13.3. The van der Waals surface area contributed by atoms with Crippen LogP contribution >= 0.6 is 34.7 Å². The maximum Gasteiger partial charge on any atom is 0.237 e. The van der Waals surface area contributed by atoms with E-state index < -0.39 is 0 Å². The minimum absolute atomic E-state index is 0.520. The van der Waals surface area contributed by atoms with E-state index in [1.54, 1.807) is 12.1 Å². The van der Waals surface area contributed by atoms with E-state index >= 15 is 0 Å². The van der Waals surface area contributed by atoms with Gasteiger partial charge >= 0.3 is 0 Å². The Labute approximate surface area is 162 Å². The Kier molecular flexibility index (Phi) is 5.14. The topological polar surface area (TPSA) is 76.7 Å². The lowest BCUT2D eigenvalue weighted by atomic mass is 10.2. The third kappa shape index (κ3) is 4.21. The van der Waals surface area contributed by atoms with Gasteiger partial charge in [-0.15, -0.1) is 10.2 Å². The van der Waals surface area contributed by atoms with E-state index in [9.17, 15) is 0 Å². The van der Waals surface area contributed by atoms with Crippen molar-refractivity contribution in [1.29, 1.82) is 0 Å². The molecule has 0 saturated heterocycles. The molecule has 0 aliphatic heterocycles. The van der Waals surface area contributed by atoms with Gasteiger partial charge in [0.25, 0.3) is 0 Å². The molecule has 0 aliphatic rings. The highest BCUT2D eigenvalue weighted by Gasteiger charge is 2.11. The normalized spacial score (nSPS) is 10.8. The number of benzene rings is 2. The molecule has 2 aromatic carbocycles. The van der Waals surface area contributed by atoms with Crippen LogP contribution < -0.4 is 5.32 Å². The predicted octanol–water partition coefficient (Wildman–Crippen LogP) is 5.28. The van der Waals surface area contributed by atoms with Crippen molar-refractivity contribution in [3.05, 3.63) is 65.5 Å². The van der Waals surface area contributed by atoms with Crippen molar-refractivity contribution in [1.82, 2.24) is 20.3 Å². The molecule has 4 rings (SSSR count). The molecule has 6 nitrogen and oxygen atoms in total. The van der Waals surface area contributed by atoms with Gasteiger partial charge in [0, 0.05) is 16.3 Å². The van der Waals surface area contributed by atoms with Crippen LogP contribution in [0.15, 0.2) is 63.5 Å². The first-order chi connectivity index (χ1) is 12.8. The minimum Gasteiger partial charge on any atom is -0.338 e. The van der Waals surface area contributed by atoms with Gasteiger partial charge in [0.15, 0.2) is 4.34 Å². The Morgan fingerprint density at radius 2 is 1.96 bits per heavy atom. The van der Waals surface area contributed by atoms with Gasteiger partial charge in [0.2, 0.25) is 16.8 Å². The highest BCUT2D eigenvalue weighted by atomic mass is 35.5. The van der Waals surface area contributed by atoms with E-state index in [0.29, 0.717) is 22.5 Å². The van der Waals surface area contributed by atoms with Gasteiger partial charge in [-0.1, -0.05) is 70.2 Å². The molecule has 0 atom stereocenters. The molecule has 0 saturated carbocycles. The van der Waals surface area contributed by atoms with Gasteiger partial charge < -0.3 is 9.84 Å². The van der Waals surface area contributed by atoms with E-state index in [-0.39, 0.29) is 0 Å². The second kappa shape index (κ2) is 7.86. The first-order valence-electron chi connectivity index (χ1n) is 7.63. The number of para-hydroxylation sites is 1. The number of hydrogen-bond acceptors (Lipinski definition) is 8. The second-order valence-corrected chi connectivity index (χ2v) is 7.81. The molecule has 0 bridgehead atoms. The first-order valence-corrected chi connectivity index (χ1v) is 9.81. The number of hydrogen-bond donors (Lipinski definition) is 1. The van der Waals surface area contributed by atoms with Crippen LogP contribution in [0.25, 0.3) is 11.4 Å². The van der Waals surface area contributed by atoms with Gasteiger partial charge in [-0.3, -0.25) is 0 Å². The van der Waals surface area contributed by atoms with Gasteiger partial charge in [-0.25, -0.2) is 0 Å². The summed E-state index contributed by atoms with van der Waals surface area (Å²) >= 11 is 8.97. The fourth-order valence-corrected chi connectivity index (χ4v) is 3.95. The van der Waals surface area contributed by atoms with Gasteiger partial charge in [0.1, 0.15) is 0 Å². The van der Waals surface area contributed by atoms with Crippen LogP contribution in [0.3, 0.4) is 0 Å². The van der Waals surface area contributed by atoms with Gasteiger partial charge in [-0.05, 0) is 24.3 Å². The van der Waals surface area contributed by atoms with E-state index in [1.165, 1.54) is 23.1 Å². The number of nitrogens with zero attached hydrogens (tertiary/aromatic N) is 4. The van der Waals surface area contributed by atoms with Gasteiger partial charge in [0.05, 0.1) is 5.75 Å².